The number of pyridine rings is 1. The van der Waals surface area contributed by atoms with Crippen LogP contribution in [-0.4, -0.2) is 55.3 Å². The van der Waals surface area contributed by atoms with Gasteiger partial charge in [-0.1, -0.05) is 54.1 Å². The fourth-order valence-electron chi connectivity index (χ4n) is 3.97. The van der Waals surface area contributed by atoms with Gasteiger partial charge in [0.1, 0.15) is 5.82 Å². The number of hydrogen-bond acceptors (Lipinski definition) is 5. The number of rotatable bonds is 7. The third-order valence-corrected chi connectivity index (χ3v) is 7.77. The summed E-state index contributed by atoms with van der Waals surface area (Å²) in [6, 6.07) is 20.0. The highest BCUT2D eigenvalue weighted by atomic mass is 35.5. The minimum atomic E-state index is -3.86. The normalized spacial score (nSPS) is 14.7. The molecule has 0 bridgehead atoms. The molecule has 1 N–H and O–H groups in total. The Balaban J connectivity index is 1.35. The molecule has 9 heteroatoms. The Morgan fingerprint density at radius 3 is 2.41 bits per heavy atom. The van der Waals surface area contributed by atoms with E-state index in [1.165, 1.54) is 11.6 Å². The van der Waals surface area contributed by atoms with Gasteiger partial charge in [0.05, 0.1) is 17.0 Å². The van der Waals surface area contributed by atoms with Gasteiger partial charge in [0, 0.05) is 37.7 Å². The van der Waals surface area contributed by atoms with Crippen LogP contribution in [0, 0.1) is 6.92 Å². The molecule has 1 aliphatic heterocycles. The van der Waals surface area contributed by atoms with Crippen LogP contribution in [0.4, 0.5) is 5.82 Å². The molecule has 1 fully saturated rings. The van der Waals surface area contributed by atoms with Gasteiger partial charge in [-0.05, 0) is 42.3 Å². The molecule has 0 aliphatic carbocycles. The summed E-state index contributed by atoms with van der Waals surface area (Å²) in [5.74, 6) is 0.148. The van der Waals surface area contributed by atoms with E-state index in [1.54, 1.807) is 37.3 Å². The number of carbonyl (C=O) groups is 1. The fraction of sp³-hybridized carbons (Fsp3) is 0.280. The van der Waals surface area contributed by atoms with E-state index >= 15 is 0 Å². The number of piperazine rings is 1. The maximum absolute atomic E-state index is 12.8. The molecule has 1 saturated heterocycles. The second-order valence-electron chi connectivity index (χ2n) is 8.30. The molecule has 178 valence electrons. The molecule has 2 aromatic carbocycles. The highest BCUT2D eigenvalue weighted by Crippen LogP contribution is 2.24. The highest BCUT2D eigenvalue weighted by Gasteiger charge is 2.22. The summed E-state index contributed by atoms with van der Waals surface area (Å²) in [6.45, 7) is 5.47. The van der Waals surface area contributed by atoms with Gasteiger partial charge in [-0.25, -0.2) is 13.4 Å². The lowest BCUT2D eigenvalue weighted by Gasteiger charge is -2.34. The molecule has 7 nitrogen and oxygen atoms in total. The first-order valence-corrected chi connectivity index (χ1v) is 13.0. The van der Waals surface area contributed by atoms with E-state index in [0.29, 0.717) is 29.4 Å². The number of amides is 1. The number of halogens is 1. The number of anilines is 1. The zero-order valence-electron chi connectivity index (χ0n) is 18.9. The zero-order chi connectivity index (χ0) is 24.1. The Morgan fingerprint density at radius 1 is 0.971 bits per heavy atom. The summed E-state index contributed by atoms with van der Waals surface area (Å²) in [7, 11) is -3.86. The van der Waals surface area contributed by atoms with Crippen LogP contribution in [0.3, 0.4) is 0 Å². The number of aromatic nitrogens is 1. The largest absolute Gasteiger partial charge is 0.340 e. The molecule has 0 radical (unpaired) electrons. The Labute approximate surface area is 205 Å². The predicted octanol–water partition coefficient (Wildman–Crippen LogP) is 3.73. The molecular weight excluding hydrogens is 472 g/mol. The number of nitrogens with zero attached hydrogens (tertiary/aromatic N) is 3. The second-order valence-corrected chi connectivity index (χ2v) is 10.4. The van der Waals surface area contributed by atoms with Gasteiger partial charge >= 0.3 is 0 Å². The van der Waals surface area contributed by atoms with Crippen molar-refractivity contribution in [3.63, 3.8) is 0 Å². The molecule has 1 aliphatic rings. The number of carbonyl (C=O) groups excluding carboxylic acids is 1. The minimum absolute atomic E-state index is 0.0162. The summed E-state index contributed by atoms with van der Waals surface area (Å²) in [5, 5.41) is 0.374. The summed E-state index contributed by atoms with van der Waals surface area (Å²) in [6.07, 6.45) is 0.116. The Kier molecular flexibility index (Phi) is 7.50. The van der Waals surface area contributed by atoms with Crippen LogP contribution in [0.5, 0.6) is 0 Å². The molecule has 2 heterocycles. The van der Waals surface area contributed by atoms with Crippen molar-refractivity contribution < 1.29 is 13.2 Å². The van der Waals surface area contributed by atoms with Gasteiger partial charge in [-0.15, -0.1) is 0 Å². The molecule has 34 heavy (non-hydrogen) atoms. The van der Waals surface area contributed by atoms with Gasteiger partial charge in [0.25, 0.3) is 10.0 Å². The number of hydrogen-bond donors (Lipinski definition) is 1. The fourth-order valence-corrected chi connectivity index (χ4v) is 5.47. The van der Waals surface area contributed by atoms with Crippen LogP contribution in [0.1, 0.15) is 16.8 Å². The van der Waals surface area contributed by atoms with Gasteiger partial charge in [0.15, 0.2) is 0 Å². The van der Waals surface area contributed by atoms with Crippen LogP contribution in [-0.2, 0) is 27.8 Å². The number of nitrogens with one attached hydrogen (secondary N) is 1. The third kappa shape index (κ3) is 5.94. The SMILES string of the molecule is Cc1c(Cl)cccc1S(=O)(=O)Nc1cccc(CC(=O)N2CCN(Cc3ccccc3)CC2)n1. The standard InChI is InChI=1S/C25H27ClN4O3S/c1-19-22(26)10-6-11-23(19)34(32,33)28-24-12-5-9-21(27-24)17-25(31)30-15-13-29(14-16-30)18-20-7-3-2-4-8-20/h2-12H,13-18H2,1H3,(H,27,28). The molecule has 4 rings (SSSR count). The van der Waals surface area contributed by atoms with Crippen molar-refractivity contribution in [3.05, 3.63) is 88.6 Å². The second kappa shape index (κ2) is 10.5. The topological polar surface area (TPSA) is 82.6 Å². The van der Waals surface area contributed by atoms with E-state index in [0.717, 1.165) is 19.6 Å². The summed E-state index contributed by atoms with van der Waals surface area (Å²) in [4.78, 5) is 21.5. The van der Waals surface area contributed by atoms with Crippen molar-refractivity contribution in [2.24, 2.45) is 0 Å². The van der Waals surface area contributed by atoms with Crippen molar-refractivity contribution in [3.8, 4) is 0 Å². The number of sulfonamides is 1. The van der Waals surface area contributed by atoms with Crippen molar-refractivity contribution in [1.82, 2.24) is 14.8 Å². The minimum Gasteiger partial charge on any atom is -0.340 e. The van der Waals surface area contributed by atoms with Crippen LogP contribution in [0.2, 0.25) is 5.02 Å². The van der Waals surface area contributed by atoms with Crippen molar-refractivity contribution in [2.75, 3.05) is 30.9 Å². The van der Waals surface area contributed by atoms with Crippen LogP contribution in [0.15, 0.2) is 71.6 Å². The van der Waals surface area contributed by atoms with Crippen LogP contribution < -0.4 is 4.72 Å². The van der Waals surface area contributed by atoms with Gasteiger partial charge in [-0.2, -0.15) is 0 Å². The maximum Gasteiger partial charge on any atom is 0.263 e. The summed E-state index contributed by atoms with van der Waals surface area (Å²) >= 11 is 6.08. The first-order valence-electron chi connectivity index (χ1n) is 11.1. The lowest BCUT2D eigenvalue weighted by Crippen LogP contribution is -2.48. The monoisotopic (exact) mass is 498 g/mol. The quantitative estimate of drug-likeness (QED) is 0.536. The van der Waals surface area contributed by atoms with E-state index in [4.69, 9.17) is 11.6 Å². The molecule has 0 unspecified atom stereocenters. The molecule has 1 aromatic heterocycles. The van der Waals surface area contributed by atoms with Crippen molar-refractivity contribution in [2.45, 2.75) is 24.8 Å². The first kappa shape index (κ1) is 24.2. The average Bonchev–Trinajstić information content (AvgIpc) is 2.82. The van der Waals surface area contributed by atoms with E-state index in [-0.39, 0.29) is 23.0 Å². The van der Waals surface area contributed by atoms with E-state index in [1.807, 2.05) is 23.1 Å². The molecule has 0 atom stereocenters. The zero-order valence-corrected chi connectivity index (χ0v) is 20.5. The Morgan fingerprint density at radius 2 is 1.68 bits per heavy atom. The van der Waals surface area contributed by atoms with Gasteiger partial charge < -0.3 is 4.90 Å². The van der Waals surface area contributed by atoms with E-state index in [9.17, 15) is 13.2 Å². The summed E-state index contributed by atoms with van der Waals surface area (Å²) < 4.78 is 28.2. The lowest BCUT2D eigenvalue weighted by atomic mass is 10.2. The molecule has 0 spiro atoms. The van der Waals surface area contributed by atoms with Gasteiger partial charge in [-0.3, -0.25) is 14.4 Å². The van der Waals surface area contributed by atoms with Crippen molar-refractivity contribution >= 4 is 33.3 Å². The summed E-state index contributed by atoms with van der Waals surface area (Å²) in [5.41, 5.74) is 2.24. The lowest BCUT2D eigenvalue weighted by molar-refractivity contribution is -0.132. The van der Waals surface area contributed by atoms with E-state index in [2.05, 4.69) is 26.7 Å². The molecule has 0 saturated carbocycles. The maximum atomic E-state index is 12.8. The van der Waals surface area contributed by atoms with Gasteiger partial charge in [0.2, 0.25) is 5.91 Å². The third-order valence-electron chi connectivity index (χ3n) is 5.86. The smallest absolute Gasteiger partial charge is 0.263 e. The molecule has 1 amide bonds. The highest BCUT2D eigenvalue weighted by molar-refractivity contribution is 7.92. The van der Waals surface area contributed by atoms with Crippen LogP contribution in [0.25, 0.3) is 0 Å². The molecular formula is C25H27ClN4O3S. The molecule has 3 aromatic rings. The Hall–Kier alpha value is -2.94. The van der Waals surface area contributed by atoms with Crippen LogP contribution >= 0.6 is 11.6 Å². The van der Waals surface area contributed by atoms with E-state index < -0.39 is 10.0 Å². The number of benzene rings is 2. The average molecular weight is 499 g/mol. The first-order chi connectivity index (χ1) is 16.3. The predicted molar refractivity (Wildman–Crippen MR) is 133 cm³/mol. The Bertz CT molecular complexity index is 1260. The van der Waals surface area contributed by atoms with Crippen molar-refractivity contribution in [1.29, 1.82) is 0 Å².